The zero-order valence-electron chi connectivity index (χ0n) is 13.3. The molecule has 2 rings (SSSR count). The van der Waals surface area contributed by atoms with Crippen LogP contribution in [-0.2, 0) is 16.1 Å². The summed E-state index contributed by atoms with van der Waals surface area (Å²) in [7, 11) is 1.60. The second-order valence-electron chi connectivity index (χ2n) is 5.02. The molecule has 5 heteroatoms. The molecule has 0 aliphatic heterocycles. The van der Waals surface area contributed by atoms with Crippen LogP contribution in [0.2, 0.25) is 0 Å². The number of benzene rings is 2. The third-order valence-corrected chi connectivity index (χ3v) is 3.25. The minimum absolute atomic E-state index is 0.150. The van der Waals surface area contributed by atoms with Crippen molar-refractivity contribution < 1.29 is 24.5 Å². The first kappa shape index (κ1) is 17.5. The van der Waals surface area contributed by atoms with Crippen LogP contribution in [0.15, 0.2) is 42.5 Å². The standard InChI is InChI=1S/C19H18O5/c1-23-10-11-24-13-17-12-18(20)9-8-15(17)5-2-14-3-6-16(7-4-14)19(21)22/h3-4,6-9,12,20H,10-11,13H2,1H3,(H,21,22). The Morgan fingerprint density at radius 2 is 1.83 bits per heavy atom. The molecule has 0 aliphatic carbocycles. The van der Waals surface area contributed by atoms with Gasteiger partial charge in [0.2, 0.25) is 0 Å². The van der Waals surface area contributed by atoms with Gasteiger partial charge < -0.3 is 19.7 Å². The molecule has 0 radical (unpaired) electrons. The number of ether oxygens (including phenoxy) is 2. The minimum Gasteiger partial charge on any atom is -0.508 e. The Hall–Kier alpha value is -2.81. The number of carboxylic acid groups (broad SMARTS) is 1. The van der Waals surface area contributed by atoms with Crippen LogP contribution < -0.4 is 0 Å². The van der Waals surface area contributed by atoms with Gasteiger partial charge in [-0.2, -0.15) is 0 Å². The SMILES string of the molecule is COCCOCc1cc(O)ccc1C#Cc1ccc(C(=O)O)cc1. The average Bonchev–Trinajstić information content (AvgIpc) is 2.58. The number of methoxy groups -OCH3 is 1. The minimum atomic E-state index is -0.969. The van der Waals surface area contributed by atoms with Gasteiger partial charge in [0.05, 0.1) is 25.4 Å². The lowest BCUT2D eigenvalue weighted by atomic mass is 10.1. The second-order valence-corrected chi connectivity index (χ2v) is 5.02. The number of hydrogen-bond acceptors (Lipinski definition) is 4. The fourth-order valence-corrected chi connectivity index (χ4v) is 1.98. The Balaban J connectivity index is 2.15. The van der Waals surface area contributed by atoms with Crippen molar-refractivity contribution in [3.8, 4) is 17.6 Å². The van der Waals surface area contributed by atoms with Crippen LogP contribution in [0.3, 0.4) is 0 Å². The van der Waals surface area contributed by atoms with Gasteiger partial charge in [-0.15, -0.1) is 0 Å². The maximum atomic E-state index is 10.8. The summed E-state index contributed by atoms with van der Waals surface area (Å²) in [5, 5.41) is 18.5. The van der Waals surface area contributed by atoms with Crippen molar-refractivity contribution in [3.63, 3.8) is 0 Å². The molecule has 0 bridgehead atoms. The largest absolute Gasteiger partial charge is 0.508 e. The van der Waals surface area contributed by atoms with Crippen LogP contribution in [0.1, 0.15) is 27.0 Å². The Morgan fingerprint density at radius 3 is 2.50 bits per heavy atom. The lowest BCUT2D eigenvalue weighted by Gasteiger charge is -2.07. The predicted octanol–water partition coefficient (Wildman–Crippen LogP) is 2.65. The van der Waals surface area contributed by atoms with Crippen molar-refractivity contribution in [2.75, 3.05) is 20.3 Å². The molecule has 0 saturated carbocycles. The van der Waals surface area contributed by atoms with Crippen molar-refractivity contribution in [1.82, 2.24) is 0 Å². The number of rotatable bonds is 6. The van der Waals surface area contributed by atoms with Crippen LogP contribution in [0.5, 0.6) is 5.75 Å². The Labute approximate surface area is 140 Å². The van der Waals surface area contributed by atoms with E-state index >= 15 is 0 Å². The summed E-state index contributed by atoms with van der Waals surface area (Å²) >= 11 is 0. The van der Waals surface area contributed by atoms with E-state index in [0.29, 0.717) is 25.4 Å². The van der Waals surface area contributed by atoms with E-state index in [2.05, 4.69) is 11.8 Å². The van der Waals surface area contributed by atoms with Crippen LogP contribution in [0.25, 0.3) is 0 Å². The van der Waals surface area contributed by atoms with E-state index in [1.54, 1.807) is 37.4 Å². The molecule has 0 aromatic heterocycles. The van der Waals surface area contributed by atoms with E-state index in [9.17, 15) is 9.90 Å². The molecular formula is C19H18O5. The Kier molecular flexibility index (Phi) is 6.38. The van der Waals surface area contributed by atoms with Crippen LogP contribution in [0, 0.1) is 11.8 Å². The highest BCUT2D eigenvalue weighted by Gasteiger charge is 2.03. The van der Waals surface area contributed by atoms with E-state index in [0.717, 1.165) is 11.1 Å². The molecule has 24 heavy (non-hydrogen) atoms. The number of carboxylic acids is 1. The fourth-order valence-electron chi connectivity index (χ4n) is 1.98. The van der Waals surface area contributed by atoms with Crippen molar-refractivity contribution in [1.29, 1.82) is 0 Å². The van der Waals surface area contributed by atoms with Crippen LogP contribution in [-0.4, -0.2) is 36.5 Å². The lowest BCUT2D eigenvalue weighted by Crippen LogP contribution is -2.03. The molecule has 0 amide bonds. The molecule has 0 aliphatic rings. The molecule has 0 atom stereocenters. The third kappa shape index (κ3) is 5.13. The fraction of sp³-hybridized carbons (Fsp3) is 0.211. The third-order valence-electron chi connectivity index (χ3n) is 3.25. The summed E-state index contributed by atoms with van der Waals surface area (Å²) in [4.78, 5) is 10.8. The summed E-state index contributed by atoms with van der Waals surface area (Å²) in [5.74, 6) is 5.19. The van der Waals surface area contributed by atoms with E-state index in [-0.39, 0.29) is 11.3 Å². The summed E-state index contributed by atoms with van der Waals surface area (Å²) in [5.41, 5.74) is 2.45. The quantitative estimate of drug-likeness (QED) is 0.630. The molecule has 0 fully saturated rings. The van der Waals surface area contributed by atoms with Gasteiger partial charge in [0.1, 0.15) is 5.75 Å². The molecule has 124 valence electrons. The summed E-state index contributed by atoms with van der Waals surface area (Å²) < 4.78 is 10.4. The maximum Gasteiger partial charge on any atom is 0.335 e. The number of hydrogen-bond donors (Lipinski definition) is 2. The molecule has 0 spiro atoms. The van der Waals surface area contributed by atoms with Crippen molar-refractivity contribution in [3.05, 3.63) is 64.7 Å². The van der Waals surface area contributed by atoms with Gasteiger partial charge in [0.25, 0.3) is 0 Å². The predicted molar refractivity (Wildman–Crippen MR) is 89.0 cm³/mol. The van der Waals surface area contributed by atoms with Crippen molar-refractivity contribution in [2.45, 2.75) is 6.61 Å². The van der Waals surface area contributed by atoms with Crippen LogP contribution in [0.4, 0.5) is 0 Å². The van der Waals surface area contributed by atoms with Crippen LogP contribution >= 0.6 is 0 Å². The topological polar surface area (TPSA) is 76.0 Å². The van der Waals surface area contributed by atoms with Gasteiger partial charge in [-0.1, -0.05) is 11.8 Å². The Bertz CT molecular complexity index is 754. The molecular weight excluding hydrogens is 308 g/mol. The Morgan fingerprint density at radius 1 is 1.08 bits per heavy atom. The highest BCUT2D eigenvalue weighted by molar-refractivity contribution is 5.87. The monoisotopic (exact) mass is 326 g/mol. The first-order valence-corrected chi connectivity index (χ1v) is 7.34. The zero-order valence-corrected chi connectivity index (χ0v) is 13.3. The van der Waals surface area contributed by atoms with E-state index in [1.165, 1.54) is 12.1 Å². The molecule has 0 heterocycles. The summed E-state index contributed by atoms with van der Waals surface area (Å²) in [6, 6.07) is 11.2. The smallest absolute Gasteiger partial charge is 0.335 e. The van der Waals surface area contributed by atoms with E-state index in [1.807, 2.05) is 0 Å². The average molecular weight is 326 g/mol. The molecule has 2 aromatic carbocycles. The van der Waals surface area contributed by atoms with Gasteiger partial charge in [-0.3, -0.25) is 0 Å². The number of aromatic hydroxyl groups is 1. The molecule has 0 saturated heterocycles. The van der Waals surface area contributed by atoms with Gasteiger partial charge in [0.15, 0.2) is 0 Å². The number of carbonyl (C=O) groups is 1. The maximum absolute atomic E-state index is 10.8. The van der Waals surface area contributed by atoms with Crippen molar-refractivity contribution in [2.24, 2.45) is 0 Å². The lowest BCUT2D eigenvalue weighted by molar-refractivity contribution is 0.0615. The van der Waals surface area contributed by atoms with Gasteiger partial charge in [0, 0.05) is 18.2 Å². The normalized spacial score (nSPS) is 10.0. The molecule has 2 N–H and O–H groups in total. The molecule has 5 nitrogen and oxygen atoms in total. The van der Waals surface area contributed by atoms with Gasteiger partial charge in [-0.05, 0) is 48.0 Å². The van der Waals surface area contributed by atoms with E-state index in [4.69, 9.17) is 14.6 Å². The number of phenolic OH excluding ortho intramolecular Hbond substituents is 1. The second kappa shape index (κ2) is 8.73. The highest BCUT2D eigenvalue weighted by atomic mass is 16.5. The molecule has 0 unspecified atom stereocenters. The molecule has 2 aromatic rings. The van der Waals surface area contributed by atoms with E-state index < -0.39 is 5.97 Å². The van der Waals surface area contributed by atoms with Gasteiger partial charge in [-0.25, -0.2) is 4.79 Å². The highest BCUT2D eigenvalue weighted by Crippen LogP contribution is 2.17. The van der Waals surface area contributed by atoms with Crippen molar-refractivity contribution >= 4 is 5.97 Å². The first-order chi connectivity index (χ1) is 11.6. The summed E-state index contributed by atoms with van der Waals surface area (Å²) in [6.45, 7) is 1.27. The zero-order chi connectivity index (χ0) is 17.4. The number of phenols is 1. The summed E-state index contributed by atoms with van der Waals surface area (Å²) in [6.07, 6.45) is 0. The first-order valence-electron chi connectivity index (χ1n) is 7.34. The van der Waals surface area contributed by atoms with Gasteiger partial charge >= 0.3 is 5.97 Å². The number of aromatic carboxylic acids is 1.